The van der Waals surface area contributed by atoms with Crippen LogP contribution in [0.5, 0.6) is 0 Å². The van der Waals surface area contributed by atoms with Crippen molar-refractivity contribution in [1.82, 2.24) is 28.2 Å². The number of nitrogens with zero attached hydrogens (tertiary/aromatic N) is 8. The zero-order chi connectivity index (χ0) is 59.2. The predicted octanol–water partition coefficient (Wildman–Crippen LogP) is 21.5. The molecular weight excluding hydrogens is 1100 g/mol. The largest absolute Gasteiger partial charge is 0.310 e. The molecule has 0 saturated carbocycles. The van der Waals surface area contributed by atoms with Crippen LogP contribution in [-0.4, -0.2) is 28.2 Å². The van der Waals surface area contributed by atoms with E-state index in [2.05, 4.69) is 344 Å². The number of rotatable bonds is 11. The fourth-order valence-corrected chi connectivity index (χ4v) is 14.3. The Labute approximate surface area is 518 Å². The third-order valence-electron chi connectivity index (χ3n) is 18.0. The first-order valence-electron chi connectivity index (χ1n) is 30.6. The summed E-state index contributed by atoms with van der Waals surface area (Å²) in [7, 11) is 0. The zero-order valence-corrected chi connectivity index (χ0v) is 48.8. The maximum Gasteiger partial charge on any atom is 0.165 e. The monoisotopic (exact) mass is 1150 g/mol. The van der Waals surface area contributed by atoms with Crippen LogP contribution in [0, 0.1) is 0 Å². The van der Waals surface area contributed by atoms with Gasteiger partial charge >= 0.3 is 0 Å². The van der Waals surface area contributed by atoms with Crippen molar-refractivity contribution in [2.75, 3.05) is 9.80 Å². The van der Waals surface area contributed by atoms with Gasteiger partial charge in [-0.1, -0.05) is 182 Å². The van der Waals surface area contributed by atoms with Gasteiger partial charge in [0.05, 0.1) is 44.1 Å². The molecule has 0 aliphatic carbocycles. The Kier molecular flexibility index (Phi) is 11.7. The summed E-state index contributed by atoms with van der Waals surface area (Å²) in [5, 5.41) is 9.00. The van der Waals surface area contributed by atoms with Crippen LogP contribution in [0.3, 0.4) is 0 Å². The second-order valence-electron chi connectivity index (χ2n) is 22.9. The van der Waals surface area contributed by atoms with Crippen LogP contribution in [0.2, 0.25) is 0 Å². The van der Waals surface area contributed by atoms with E-state index in [-0.39, 0.29) is 0 Å². The Morgan fingerprint density at radius 3 is 0.811 bits per heavy atom. The molecule has 6 aromatic heterocycles. The Hall–Kier alpha value is -12.3. The summed E-state index contributed by atoms with van der Waals surface area (Å²) >= 11 is 0. The van der Waals surface area contributed by atoms with Gasteiger partial charge in [0.2, 0.25) is 0 Å². The molecule has 0 spiro atoms. The molecule has 6 heterocycles. The lowest BCUT2D eigenvalue weighted by Crippen LogP contribution is -2.16. The Morgan fingerprint density at radius 1 is 0.222 bits per heavy atom. The molecule has 8 nitrogen and oxygen atoms in total. The molecule has 0 fully saturated rings. The van der Waals surface area contributed by atoms with Crippen LogP contribution in [0.25, 0.3) is 121 Å². The summed E-state index contributed by atoms with van der Waals surface area (Å²) in [4.78, 5) is 16.0. The molecule has 0 amide bonds. The number of anilines is 6. The lowest BCUT2D eigenvalue weighted by atomic mass is 10.0. The van der Waals surface area contributed by atoms with Gasteiger partial charge in [-0.15, -0.1) is 0 Å². The van der Waals surface area contributed by atoms with E-state index in [0.29, 0.717) is 0 Å². The minimum Gasteiger partial charge on any atom is -0.310 e. The van der Waals surface area contributed by atoms with E-state index in [1.165, 1.54) is 0 Å². The molecule has 0 radical (unpaired) electrons. The third-order valence-corrected chi connectivity index (χ3v) is 18.0. The van der Waals surface area contributed by atoms with E-state index in [1.807, 2.05) is 12.4 Å². The van der Waals surface area contributed by atoms with E-state index < -0.39 is 0 Å². The summed E-state index contributed by atoms with van der Waals surface area (Å²) < 4.78 is 9.86. The summed E-state index contributed by atoms with van der Waals surface area (Å²) in [6.07, 6.45) is 3.86. The molecule has 12 aromatic carbocycles. The van der Waals surface area contributed by atoms with E-state index >= 15 is 0 Å². The van der Waals surface area contributed by atoms with Gasteiger partial charge in [-0.3, -0.25) is 14.1 Å². The van der Waals surface area contributed by atoms with Crippen LogP contribution in [0.1, 0.15) is 0 Å². The zero-order valence-electron chi connectivity index (χ0n) is 48.8. The van der Waals surface area contributed by atoms with Crippen molar-refractivity contribution in [2.45, 2.75) is 0 Å². The smallest absolute Gasteiger partial charge is 0.165 e. The molecule has 0 bridgehead atoms. The van der Waals surface area contributed by atoms with Gasteiger partial charge in [0.1, 0.15) is 11.4 Å². The fourth-order valence-electron chi connectivity index (χ4n) is 14.3. The second kappa shape index (κ2) is 20.7. The van der Waals surface area contributed by atoms with Crippen molar-refractivity contribution in [3.63, 3.8) is 0 Å². The topological polar surface area (TPSA) is 52.0 Å². The quantitative estimate of drug-likeness (QED) is 0.130. The van der Waals surface area contributed by atoms with Gasteiger partial charge in [0.25, 0.3) is 0 Å². The van der Waals surface area contributed by atoms with E-state index in [9.17, 15) is 0 Å². The minimum absolute atomic E-state index is 0.761. The molecule has 422 valence electrons. The lowest BCUT2D eigenvalue weighted by molar-refractivity contribution is 0.961. The van der Waals surface area contributed by atoms with Crippen LogP contribution in [0.15, 0.2) is 328 Å². The number of benzene rings is 12. The lowest BCUT2D eigenvalue weighted by Gasteiger charge is -2.27. The average Bonchev–Trinajstić information content (AvgIpc) is 1.48. The molecule has 0 aliphatic heterocycles. The first-order valence-corrected chi connectivity index (χ1v) is 30.6. The van der Waals surface area contributed by atoms with Crippen molar-refractivity contribution in [3.05, 3.63) is 328 Å². The Bertz CT molecular complexity index is 5270. The van der Waals surface area contributed by atoms with E-state index in [4.69, 9.17) is 9.97 Å². The number of aromatic nitrogens is 6. The first-order chi connectivity index (χ1) is 44.7. The summed E-state index contributed by atoms with van der Waals surface area (Å²) in [6.45, 7) is 0. The molecule has 8 heteroatoms. The molecular formula is C82H54N8. The van der Waals surface area contributed by atoms with Gasteiger partial charge in [0, 0.05) is 95.2 Å². The highest BCUT2D eigenvalue weighted by atomic mass is 15.2. The van der Waals surface area contributed by atoms with Crippen molar-refractivity contribution in [3.8, 4) is 34.1 Å². The summed E-state index contributed by atoms with van der Waals surface area (Å²) in [5.41, 5.74) is 18.5. The molecule has 0 unspecified atom stereocenters. The van der Waals surface area contributed by atoms with Crippen LogP contribution >= 0.6 is 0 Å². The maximum atomic E-state index is 6.54. The third kappa shape index (κ3) is 7.88. The van der Waals surface area contributed by atoms with Crippen LogP contribution in [-0.2, 0) is 0 Å². The molecule has 0 saturated heterocycles. The molecule has 0 aliphatic rings. The van der Waals surface area contributed by atoms with Crippen LogP contribution < -0.4 is 9.80 Å². The SMILES string of the molecule is c1ccc(N(c2ccccc2)c2ccc3c(c2)c2ccccc2n3-c2nc(-n3c4ccccc4c4cc(N(c5ccccc5)c5ccccc5)ccc43)c(-n3c4ccccc4c4ccccc43)c(-c3ccncc3)c2-n2c3ccccc3c3ccccc32)cc1. The van der Waals surface area contributed by atoms with Gasteiger partial charge in [0.15, 0.2) is 11.6 Å². The summed E-state index contributed by atoms with van der Waals surface area (Å²) in [6, 6.07) is 114. The normalized spacial score (nSPS) is 11.8. The van der Waals surface area contributed by atoms with Gasteiger partial charge in [-0.25, -0.2) is 4.98 Å². The number of fused-ring (bicyclic) bond motifs is 12. The van der Waals surface area contributed by atoms with Gasteiger partial charge < -0.3 is 18.9 Å². The second-order valence-corrected chi connectivity index (χ2v) is 22.9. The summed E-state index contributed by atoms with van der Waals surface area (Å²) in [5.74, 6) is 1.52. The van der Waals surface area contributed by atoms with Crippen molar-refractivity contribution in [2.24, 2.45) is 0 Å². The molecule has 18 rings (SSSR count). The maximum absolute atomic E-state index is 6.54. The molecule has 18 aromatic rings. The van der Waals surface area contributed by atoms with Gasteiger partial charge in [-0.2, -0.15) is 0 Å². The van der Waals surface area contributed by atoms with Crippen LogP contribution in [0.4, 0.5) is 34.1 Å². The molecule has 90 heavy (non-hydrogen) atoms. The Morgan fingerprint density at radius 2 is 0.489 bits per heavy atom. The van der Waals surface area contributed by atoms with E-state index in [0.717, 1.165) is 155 Å². The number of pyridine rings is 2. The molecule has 0 atom stereocenters. The van der Waals surface area contributed by atoms with Gasteiger partial charge in [-0.05, 0) is 139 Å². The van der Waals surface area contributed by atoms with E-state index in [1.54, 1.807) is 0 Å². The highest BCUT2D eigenvalue weighted by Crippen LogP contribution is 2.50. The average molecular weight is 1150 g/mol. The van der Waals surface area contributed by atoms with Crippen molar-refractivity contribution >= 4 is 121 Å². The highest BCUT2D eigenvalue weighted by molar-refractivity contribution is 6.16. The van der Waals surface area contributed by atoms with Crippen molar-refractivity contribution in [1.29, 1.82) is 0 Å². The number of hydrogen-bond acceptors (Lipinski definition) is 4. The highest BCUT2D eigenvalue weighted by Gasteiger charge is 2.33. The first kappa shape index (κ1) is 51.0. The fraction of sp³-hybridized carbons (Fsp3) is 0. The Balaban J connectivity index is 1.05. The number of hydrogen-bond donors (Lipinski definition) is 0. The van der Waals surface area contributed by atoms with Crippen molar-refractivity contribution < 1.29 is 0 Å². The number of para-hydroxylation sites is 10. The molecule has 0 N–H and O–H groups in total. The predicted molar refractivity (Wildman–Crippen MR) is 374 cm³/mol. The standard InChI is InChI=1S/C82H54N8/c1-5-25-56(26-6-1)85(57-27-7-2-8-28-57)60-45-47-76-68(53-60)66-37-17-23-43-74(66)89(76)81-79(87-70-39-19-13-33-62(70)63-34-14-20-40-71(63)87)78(55-49-51-83-52-50-55)80(88-72-41-21-15-35-64(72)65-36-16-22-42-73(65)88)82(84-81)90-75-44-24-18-38-67(75)69-54-61(46-48-77(69)90)86(58-29-9-3-10-30-58)59-31-11-4-12-32-59/h1-54H. The minimum atomic E-state index is 0.761.